The number of sulfonamides is 1. The van der Waals surface area contributed by atoms with Gasteiger partial charge in [0.25, 0.3) is 0 Å². The van der Waals surface area contributed by atoms with Crippen molar-refractivity contribution in [2.75, 3.05) is 18.8 Å². The van der Waals surface area contributed by atoms with Crippen molar-refractivity contribution in [2.45, 2.75) is 64.3 Å². The Kier molecular flexibility index (Phi) is 6.30. The van der Waals surface area contributed by atoms with Crippen LogP contribution < -0.4 is 10.0 Å². The standard InChI is InChI=1S/C15H30N2O2S/c1-13-6-2-3-7-14(13)12-17-20(18,19)11-5-4-10-16-15-8-9-15/h13-17H,2-12H2,1H3. The van der Waals surface area contributed by atoms with E-state index in [1.165, 1.54) is 38.5 Å². The highest BCUT2D eigenvalue weighted by Gasteiger charge is 2.23. The van der Waals surface area contributed by atoms with Gasteiger partial charge in [0.05, 0.1) is 5.75 Å². The van der Waals surface area contributed by atoms with Crippen molar-refractivity contribution >= 4 is 10.0 Å². The molecule has 0 aromatic carbocycles. The maximum Gasteiger partial charge on any atom is 0.211 e. The molecule has 0 bridgehead atoms. The van der Waals surface area contributed by atoms with Crippen molar-refractivity contribution in [3.63, 3.8) is 0 Å². The van der Waals surface area contributed by atoms with Gasteiger partial charge >= 0.3 is 0 Å². The van der Waals surface area contributed by atoms with Gasteiger partial charge in [-0.3, -0.25) is 0 Å². The quantitative estimate of drug-likeness (QED) is 0.642. The zero-order valence-corrected chi connectivity index (χ0v) is 13.6. The topological polar surface area (TPSA) is 58.2 Å². The van der Waals surface area contributed by atoms with E-state index >= 15 is 0 Å². The molecule has 4 nitrogen and oxygen atoms in total. The lowest BCUT2D eigenvalue weighted by molar-refractivity contribution is 0.257. The average molecular weight is 302 g/mol. The summed E-state index contributed by atoms with van der Waals surface area (Å²) in [5.74, 6) is 1.48. The van der Waals surface area contributed by atoms with Gasteiger partial charge in [-0.15, -0.1) is 0 Å². The molecule has 2 rings (SSSR count). The molecule has 0 amide bonds. The van der Waals surface area contributed by atoms with Crippen molar-refractivity contribution < 1.29 is 8.42 Å². The van der Waals surface area contributed by atoms with E-state index in [1.54, 1.807) is 0 Å². The molecule has 0 spiro atoms. The number of unbranched alkanes of at least 4 members (excludes halogenated alkanes) is 1. The Balaban J connectivity index is 1.57. The second kappa shape index (κ2) is 7.76. The van der Waals surface area contributed by atoms with Crippen molar-refractivity contribution in [2.24, 2.45) is 11.8 Å². The smallest absolute Gasteiger partial charge is 0.211 e. The fraction of sp³-hybridized carbons (Fsp3) is 1.00. The SMILES string of the molecule is CC1CCCCC1CNS(=O)(=O)CCCCNC1CC1. The minimum absolute atomic E-state index is 0.278. The third kappa shape index (κ3) is 6.10. The number of rotatable bonds is 9. The highest BCUT2D eigenvalue weighted by atomic mass is 32.2. The van der Waals surface area contributed by atoms with E-state index in [2.05, 4.69) is 17.0 Å². The van der Waals surface area contributed by atoms with Crippen LogP contribution in [0.4, 0.5) is 0 Å². The molecule has 0 radical (unpaired) electrons. The van der Waals surface area contributed by atoms with E-state index in [-0.39, 0.29) is 5.75 Å². The van der Waals surface area contributed by atoms with Crippen LogP contribution in [-0.2, 0) is 10.0 Å². The third-order valence-corrected chi connectivity index (χ3v) is 6.14. The summed E-state index contributed by atoms with van der Waals surface area (Å²) in [5, 5.41) is 3.42. The van der Waals surface area contributed by atoms with E-state index < -0.39 is 10.0 Å². The van der Waals surface area contributed by atoms with Crippen LogP contribution in [0.15, 0.2) is 0 Å². The first kappa shape index (κ1) is 16.2. The van der Waals surface area contributed by atoms with Crippen LogP contribution in [0.3, 0.4) is 0 Å². The molecular weight excluding hydrogens is 272 g/mol. The Hall–Kier alpha value is -0.130. The summed E-state index contributed by atoms with van der Waals surface area (Å²) in [5.41, 5.74) is 0. The average Bonchev–Trinajstić information content (AvgIpc) is 3.21. The third-order valence-electron chi connectivity index (χ3n) is 4.70. The lowest BCUT2D eigenvalue weighted by Crippen LogP contribution is -2.34. The molecule has 20 heavy (non-hydrogen) atoms. The molecule has 2 unspecified atom stereocenters. The number of nitrogens with one attached hydrogen (secondary N) is 2. The first-order chi connectivity index (χ1) is 9.57. The summed E-state index contributed by atoms with van der Waals surface area (Å²) in [6, 6.07) is 0.720. The maximum absolute atomic E-state index is 12.0. The fourth-order valence-electron chi connectivity index (χ4n) is 3.01. The summed E-state index contributed by atoms with van der Waals surface area (Å²) in [6.45, 7) is 3.85. The first-order valence-corrected chi connectivity index (χ1v) is 9.93. The molecule has 2 N–H and O–H groups in total. The molecule has 2 atom stereocenters. The van der Waals surface area contributed by atoms with Gasteiger partial charge in [-0.05, 0) is 50.5 Å². The zero-order chi connectivity index (χ0) is 14.4. The Morgan fingerprint density at radius 1 is 1.05 bits per heavy atom. The minimum atomic E-state index is -3.07. The molecule has 5 heteroatoms. The summed E-state index contributed by atoms with van der Waals surface area (Å²) in [7, 11) is -3.07. The van der Waals surface area contributed by atoms with Crippen molar-refractivity contribution in [3.05, 3.63) is 0 Å². The molecule has 0 heterocycles. The molecular formula is C15H30N2O2S. The first-order valence-electron chi connectivity index (χ1n) is 8.27. The van der Waals surface area contributed by atoms with Crippen molar-refractivity contribution in [1.82, 2.24) is 10.0 Å². The van der Waals surface area contributed by atoms with E-state index in [0.29, 0.717) is 18.4 Å². The summed E-state index contributed by atoms with van der Waals surface area (Å²) in [4.78, 5) is 0. The normalized spacial score (nSPS) is 27.6. The van der Waals surface area contributed by atoms with Gasteiger partial charge in [0.15, 0.2) is 0 Å². The van der Waals surface area contributed by atoms with Crippen LogP contribution in [0.5, 0.6) is 0 Å². The van der Waals surface area contributed by atoms with Gasteiger partial charge in [0.2, 0.25) is 10.0 Å². The lowest BCUT2D eigenvalue weighted by atomic mass is 9.81. The van der Waals surface area contributed by atoms with Gasteiger partial charge < -0.3 is 5.32 Å². The van der Waals surface area contributed by atoms with Crippen LogP contribution in [0.25, 0.3) is 0 Å². The molecule has 0 aromatic rings. The highest BCUT2D eigenvalue weighted by Crippen LogP contribution is 2.28. The van der Waals surface area contributed by atoms with Crippen molar-refractivity contribution in [3.8, 4) is 0 Å². The van der Waals surface area contributed by atoms with E-state index in [9.17, 15) is 8.42 Å². The van der Waals surface area contributed by atoms with Gasteiger partial charge in [-0.1, -0.05) is 26.2 Å². The monoisotopic (exact) mass is 302 g/mol. The summed E-state index contributed by atoms with van der Waals surface area (Å²) < 4.78 is 26.7. The van der Waals surface area contributed by atoms with Gasteiger partial charge in [0.1, 0.15) is 0 Å². The van der Waals surface area contributed by atoms with Crippen LogP contribution in [0, 0.1) is 11.8 Å². The molecule has 2 fully saturated rings. The van der Waals surface area contributed by atoms with Crippen LogP contribution in [-0.4, -0.2) is 33.3 Å². The van der Waals surface area contributed by atoms with Gasteiger partial charge in [-0.25, -0.2) is 13.1 Å². The Morgan fingerprint density at radius 3 is 2.50 bits per heavy atom. The van der Waals surface area contributed by atoms with Gasteiger partial charge in [0, 0.05) is 12.6 Å². The zero-order valence-electron chi connectivity index (χ0n) is 12.7. The Labute approximate surface area is 124 Å². The fourth-order valence-corrected chi connectivity index (χ4v) is 4.21. The molecule has 0 aliphatic heterocycles. The van der Waals surface area contributed by atoms with Crippen LogP contribution >= 0.6 is 0 Å². The Bertz CT molecular complexity index is 379. The largest absolute Gasteiger partial charge is 0.314 e. The lowest BCUT2D eigenvalue weighted by Gasteiger charge is -2.28. The minimum Gasteiger partial charge on any atom is -0.314 e. The molecule has 2 aliphatic rings. The predicted octanol–water partition coefficient (Wildman–Crippen LogP) is 2.26. The predicted molar refractivity (Wildman–Crippen MR) is 83.2 cm³/mol. The van der Waals surface area contributed by atoms with Gasteiger partial charge in [-0.2, -0.15) is 0 Å². The van der Waals surface area contributed by atoms with E-state index in [4.69, 9.17) is 0 Å². The molecule has 0 aromatic heterocycles. The van der Waals surface area contributed by atoms with E-state index in [1.807, 2.05) is 0 Å². The van der Waals surface area contributed by atoms with E-state index in [0.717, 1.165) is 25.4 Å². The maximum atomic E-state index is 12.0. The van der Waals surface area contributed by atoms with Crippen molar-refractivity contribution in [1.29, 1.82) is 0 Å². The molecule has 0 saturated heterocycles. The molecule has 2 aliphatic carbocycles. The highest BCUT2D eigenvalue weighted by molar-refractivity contribution is 7.89. The molecule has 2 saturated carbocycles. The van der Waals surface area contributed by atoms with Crippen LogP contribution in [0.1, 0.15) is 58.3 Å². The number of hydrogen-bond donors (Lipinski definition) is 2. The summed E-state index contributed by atoms with van der Waals surface area (Å²) in [6.07, 6.45) is 9.28. The molecule has 118 valence electrons. The second-order valence-electron chi connectivity index (χ2n) is 6.62. The summed E-state index contributed by atoms with van der Waals surface area (Å²) >= 11 is 0. The number of hydrogen-bond acceptors (Lipinski definition) is 3. The second-order valence-corrected chi connectivity index (χ2v) is 8.55. The Morgan fingerprint density at radius 2 is 1.80 bits per heavy atom. The van der Waals surface area contributed by atoms with Crippen LogP contribution in [0.2, 0.25) is 0 Å².